The van der Waals surface area contributed by atoms with E-state index in [0.717, 1.165) is 33.7 Å². The molecule has 1 aromatic carbocycles. The minimum atomic E-state index is 0.0576. The van der Waals surface area contributed by atoms with Crippen molar-refractivity contribution in [1.29, 1.82) is 0 Å². The normalized spacial score (nSPS) is 10.5. The van der Waals surface area contributed by atoms with Crippen LogP contribution < -0.4 is 4.90 Å². The van der Waals surface area contributed by atoms with E-state index in [9.17, 15) is 0 Å². The van der Waals surface area contributed by atoms with Crippen molar-refractivity contribution in [1.82, 2.24) is 4.98 Å². The lowest BCUT2D eigenvalue weighted by molar-refractivity contribution is 0.282. The maximum Gasteiger partial charge on any atom is 0.0682 e. The lowest BCUT2D eigenvalue weighted by atomic mass is 10.2. The molecule has 0 aliphatic heterocycles. The summed E-state index contributed by atoms with van der Waals surface area (Å²) in [6.45, 7) is 2.80. The molecule has 0 fully saturated rings. The van der Waals surface area contributed by atoms with Crippen LogP contribution >= 0.6 is 15.9 Å². The van der Waals surface area contributed by atoms with Crippen LogP contribution in [0.1, 0.15) is 17.0 Å². The van der Waals surface area contributed by atoms with E-state index in [0.29, 0.717) is 0 Å². The van der Waals surface area contributed by atoms with E-state index >= 15 is 0 Å². The van der Waals surface area contributed by atoms with Gasteiger partial charge in [-0.2, -0.15) is 0 Å². The van der Waals surface area contributed by atoms with E-state index < -0.39 is 0 Å². The number of aliphatic hydroxyl groups excluding tert-OH is 1. The van der Waals surface area contributed by atoms with Crippen molar-refractivity contribution < 1.29 is 5.11 Å². The lowest BCUT2D eigenvalue weighted by Crippen LogP contribution is -2.18. The van der Waals surface area contributed by atoms with Gasteiger partial charge in [0.25, 0.3) is 0 Å². The second kappa shape index (κ2) is 6.17. The average molecular weight is 321 g/mol. The highest BCUT2D eigenvalue weighted by Gasteiger charge is 2.08. The molecule has 0 saturated carbocycles. The summed E-state index contributed by atoms with van der Waals surface area (Å²) >= 11 is 3.54. The van der Waals surface area contributed by atoms with Crippen molar-refractivity contribution >= 4 is 21.6 Å². The Balaban J connectivity index is 2.18. The maximum atomic E-state index is 9.11. The Morgan fingerprint density at radius 2 is 2.05 bits per heavy atom. The van der Waals surface area contributed by atoms with Gasteiger partial charge in [-0.15, -0.1) is 0 Å². The van der Waals surface area contributed by atoms with Crippen LogP contribution in [-0.2, 0) is 13.2 Å². The molecular formula is C15H17BrN2O. The van der Waals surface area contributed by atoms with Crippen LogP contribution in [0.3, 0.4) is 0 Å². The zero-order chi connectivity index (χ0) is 13.8. The van der Waals surface area contributed by atoms with Gasteiger partial charge in [-0.05, 0) is 52.7 Å². The molecule has 0 radical (unpaired) electrons. The number of aryl methyl sites for hydroxylation is 1. The van der Waals surface area contributed by atoms with Crippen molar-refractivity contribution in [3.8, 4) is 0 Å². The van der Waals surface area contributed by atoms with Crippen molar-refractivity contribution in [2.75, 3.05) is 11.9 Å². The monoisotopic (exact) mass is 320 g/mol. The van der Waals surface area contributed by atoms with Gasteiger partial charge in [-0.1, -0.05) is 12.1 Å². The van der Waals surface area contributed by atoms with E-state index in [2.05, 4.69) is 25.8 Å². The molecule has 19 heavy (non-hydrogen) atoms. The number of halogens is 1. The van der Waals surface area contributed by atoms with Crippen molar-refractivity contribution in [3.63, 3.8) is 0 Å². The minimum Gasteiger partial charge on any atom is -0.392 e. The van der Waals surface area contributed by atoms with Crippen molar-refractivity contribution in [3.05, 3.63) is 57.8 Å². The molecule has 1 aromatic heterocycles. The predicted molar refractivity (Wildman–Crippen MR) is 81.1 cm³/mol. The van der Waals surface area contributed by atoms with Crippen LogP contribution in [0.15, 0.2) is 40.9 Å². The fourth-order valence-corrected chi connectivity index (χ4v) is 2.70. The molecule has 3 nitrogen and oxygen atoms in total. The molecule has 0 bridgehead atoms. The molecule has 0 aliphatic carbocycles. The number of nitrogens with zero attached hydrogens (tertiary/aromatic N) is 2. The van der Waals surface area contributed by atoms with Crippen LogP contribution in [-0.4, -0.2) is 17.1 Å². The molecule has 0 aliphatic rings. The molecule has 0 saturated heterocycles. The van der Waals surface area contributed by atoms with E-state index in [-0.39, 0.29) is 6.61 Å². The topological polar surface area (TPSA) is 36.4 Å². The summed E-state index contributed by atoms with van der Waals surface area (Å²) in [6, 6.07) is 11.9. The average Bonchev–Trinajstić information content (AvgIpc) is 2.38. The molecular weight excluding hydrogens is 304 g/mol. The number of rotatable bonds is 4. The molecule has 0 unspecified atom stereocenters. The molecule has 0 amide bonds. The Labute approximate surface area is 122 Å². The van der Waals surface area contributed by atoms with Crippen LogP contribution in [0, 0.1) is 6.92 Å². The van der Waals surface area contributed by atoms with E-state index in [1.807, 2.05) is 50.4 Å². The second-order valence-electron chi connectivity index (χ2n) is 4.57. The van der Waals surface area contributed by atoms with Crippen molar-refractivity contribution in [2.45, 2.75) is 20.1 Å². The van der Waals surface area contributed by atoms with Crippen LogP contribution in [0.5, 0.6) is 0 Å². The molecule has 0 atom stereocenters. The van der Waals surface area contributed by atoms with Crippen LogP contribution in [0.2, 0.25) is 0 Å². The fourth-order valence-electron chi connectivity index (χ4n) is 1.97. The number of hydrogen-bond acceptors (Lipinski definition) is 3. The number of aromatic nitrogens is 1. The SMILES string of the molecule is Cc1cccc(CN(C)c2ccc(CO)cc2Br)n1. The summed E-state index contributed by atoms with van der Waals surface area (Å²) in [5, 5.41) is 9.11. The zero-order valence-corrected chi connectivity index (χ0v) is 12.7. The summed E-state index contributed by atoms with van der Waals surface area (Å²) in [4.78, 5) is 6.64. The first-order valence-electron chi connectivity index (χ1n) is 6.13. The predicted octanol–water partition coefficient (Wildman–Crippen LogP) is 3.28. The number of anilines is 1. The van der Waals surface area contributed by atoms with Gasteiger partial charge < -0.3 is 10.0 Å². The first kappa shape index (κ1) is 14.0. The third-order valence-electron chi connectivity index (χ3n) is 2.95. The molecule has 100 valence electrons. The van der Waals surface area contributed by atoms with E-state index in [1.165, 1.54) is 0 Å². The summed E-state index contributed by atoms with van der Waals surface area (Å²) in [7, 11) is 2.03. The quantitative estimate of drug-likeness (QED) is 0.939. The summed E-state index contributed by atoms with van der Waals surface area (Å²) in [6.07, 6.45) is 0. The van der Waals surface area contributed by atoms with Gasteiger partial charge in [-0.3, -0.25) is 4.98 Å². The highest BCUT2D eigenvalue weighted by molar-refractivity contribution is 9.10. The third kappa shape index (κ3) is 3.55. The Kier molecular flexibility index (Phi) is 4.56. The van der Waals surface area contributed by atoms with Gasteiger partial charge in [0.05, 0.1) is 24.5 Å². The number of benzene rings is 1. The summed E-state index contributed by atoms with van der Waals surface area (Å²) in [5.41, 5.74) is 4.06. The first-order valence-corrected chi connectivity index (χ1v) is 6.92. The lowest BCUT2D eigenvalue weighted by Gasteiger charge is -2.21. The standard InChI is InChI=1S/C15H17BrN2O/c1-11-4-3-5-13(17-11)9-18(2)15-7-6-12(10-19)8-14(15)16/h3-8,19H,9-10H2,1-2H3. The third-order valence-corrected chi connectivity index (χ3v) is 3.59. The fraction of sp³-hybridized carbons (Fsp3) is 0.267. The van der Waals surface area contributed by atoms with Crippen LogP contribution in [0.4, 0.5) is 5.69 Å². The van der Waals surface area contributed by atoms with Gasteiger partial charge in [0, 0.05) is 17.2 Å². The van der Waals surface area contributed by atoms with Gasteiger partial charge >= 0.3 is 0 Å². The molecule has 1 heterocycles. The maximum absolute atomic E-state index is 9.11. The van der Waals surface area contributed by atoms with Crippen molar-refractivity contribution in [2.24, 2.45) is 0 Å². The largest absolute Gasteiger partial charge is 0.392 e. The Bertz CT molecular complexity index is 572. The highest BCUT2D eigenvalue weighted by Crippen LogP contribution is 2.27. The minimum absolute atomic E-state index is 0.0576. The highest BCUT2D eigenvalue weighted by atomic mass is 79.9. The zero-order valence-electron chi connectivity index (χ0n) is 11.1. The Morgan fingerprint density at radius 3 is 2.68 bits per heavy atom. The van der Waals surface area contributed by atoms with Gasteiger partial charge in [0.2, 0.25) is 0 Å². The molecule has 2 rings (SSSR count). The molecule has 2 aromatic rings. The summed E-state index contributed by atoms with van der Waals surface area (Å²) < 4.78 is 0.981. The van der Waals surface area contributed by atoms with E-state index in [4.69, 9.17) is 5.11 Å². The molecule has 4 heteroatoms. The van der Waals surface area contributed by atoms with Gasteiger partial charge in [0.1, 0.15) is 0 Å². The summed E-state index contributed by atoms with van der Waals surface area (Å²) in [5.74, 6) is 0. The molecule has 0 spiro atoms. The van der Waals surface area contributed by atoms with Gasteiger partial charge in [0.15, 0.2) is 0 Å². The number of aliphatic hydroxyl groups is 1. The molecule has 1 N–H and O–H groups in total. The number of pyridine rings is 1. The van der Waals surface area contributed by atoms with Gasteiger partial charge in [-0.25, -0.2) is 0 Å². The second-order valence-corrected chi connectivity index (χ2v) is 5.42. The number of hydrogen-bond donors (Lipinski definition) is 1. The Hall–Kier alpha value is -1.39. The first-order chi connectivity index (χ1) is 9.10. The van der Waals surface area contributed by atoms with E-state index in [1.54, 1.807) is 0 Å². The smallest absolute Gasteiger partial charge is 0.0682 e. The Morgan fingerprint density at radius 1 is 1.26 bits per heavy atom. The van der Waals surface area contributed by atoms with Crippen LogP contribution in [0.25, 0.3) is 0 Å².